The first-order chi connectivity index (χ1) is 17.6. The van der Waals surface area contributed by atoms with Gasteiger partial charge in [0.05, 0.1) is 0 Å². The molecule has 0 spiro atoms. The molecule has 5 aromatic carbocycles. The maximum atomic E-state index is 4.23. The van der Waals surface area contributed by atoms with Crippen molar-refractivity contribution < 1.29 is 0 Å². The largest absolute Gasteiger partial charge is 0.0955 e. The number of hydrogen-bond acceptors (Lipinski definition) is 0. The van der Waals surface area contributed by atoms with Crippen LogP contribution in [0, 0.1) is 0 Å². The molecule has 5 rings (SSSR count). The summed E-state index contributed by atoms with van der Waals surface area (Å²) in [6, 6.07) is 45.3. The zero-order valence-electron chi connectivity index (χ0n) is 20.9. The average molecular weight is 463 g/mol. The van der Waals surface area contributed by atoms with E-state index in [4.69, 9.17) is 0 Å². The minimum absolute atomic E-state index is 1.07. The minimum Gasteiger partial charge on any atom is -0.0955 e. The molecular weight excluding hydrogens is 432 g/mol. The first kappa shape index (κ1) is 23.3. The maximum absolute atomic E-state index is 4.23. The van der Waals surface area contributed by atoms with Crippen molar-refractivity contribution in [1.29, 1.82) is 0 Å². The van der Waals surface area contributed by atoms with Gasteiger partial charge in [-0.15, -0.1) is 0 Å². The Morgan fingerprint density at radius 1 is 0.500 bits per heavy atom. The summed E-state index contributed by atoms with van der Waals surface area (Å²) in [6.45, 7) is 8.49. The molecule has 0 fully saturated rings. The predicted octanol–water partition coefficient (Wildman–Crippen LogP) is 10.3. The van der Waals surface area contributed by atoms with Gasteiger partial charge in [0.1, 0.15) is 0 Å². The van der Waals surface area contributed by atoms with Crippen LogP contribution in [0.3, 0.4) is 0 Å². The lowest BCUT2D eigenvalue weighted by Gasteiger charge is -2.12. The molecule has 36 heavy (non-hydrogen) atoms. The molecule has 0 nitrogen and oxygen atoms in total. The maximum Gasteiger partial charge on any atom is -0.0160 e. The Labute approximate surface area is 214 Å². The van der Waals surface area contributed by atoms with E-state index in [0.717, 1.165) is 5.57 Å². The van der Waals surface area contributed by atoms with Gasteiger partial charge in [0.15, 0.2) is 0 Å². The summed E-state index contributed by atoms with van der Waals surface area (Å²) in [5, 5.41) is 0. The van der Waals surface area contributed by atoms with Gasteiger partial charge < -0.3 is 0 Å². The van der Waals surface area contributed by atoms with Crippen molar-refractivity contribution in [2.45, 2.75) is 13.8 Å². The molecule has 0 aliphatic heterocycles. The summed E-state index contributed by atoms with van der Waals surface area (Å²) < 4.78 is 0. The summed E-state index contributed by atoms with van der Waals surface area (Å²) in [6.07, 6.45) is 2.29. The van der Waals surface area contributed by atoms with E-state index in [2.05, 4.69) is 154 Å². The van der Waals surface area contributed by atoms with E-state index >= 15 is 0 Å². The van der Waals surface area contributed by atoms with E-state index in [1.165, 1.54) is 55.6 Å². The standard InChI is InChI=1S/C36H30/c1-26(2)36-21-20-34(29-14-8-5-9-15-29)25-35(36)22-27(3)30-16-10-18-32(23-30)33-19-11-17-31(24-33)28-12-6-4-7-13-28/h4-25H,1H2,2-3H3/b27-22+. The van der Waals surface area contributed by atoms with Crippen molar-refractivity contribution >= 4 is 17.2 Å². The van der Waals surface area contributed by atoms with Crippen LogP contribution in [0.15, 0.2) is 134 Å². The minimum atomic E-state index is 1.07. The van der Waals surface area contributed by atoms with Gasteiger partial charge in [0.25, 0.3) is 0 Å². The average Bonchev–Trinajstić information content (AvgIpc) is 2.94. The molecule has 0 heteroatoms. The van der Waals surface area contributed by atoms with Crippen LogP contribution in [0.1, 0.15) is 30.5 Å². The molecular formula is C36H30. The highest BCUT2D eigenvalue weighted by molar-refractivity contribution is 5.87. The molecule has 174 valence electrons. The lowest BCUT2D eigenvalue weighted by molar-refractivity contribution is 1.51. The molecule has 0 aromatic heterocycles. The highest BCUT2D eigenvalue weighted by Gasteiger charge is 2.08. The van der Waals surface area contributed by atoms with Crippen molar-refractivity contribution in [3.8, 4) is 33.4 Å². The smallest absolute Gasteiger partial charge is 0.0160 e. The van der Waals surface area contributed by atoms with Crippen molar-refractivity contribution in [1.82, 2.24) is 0 Å². The fourth-order valence-corrected chi connectivity index (χ4v) is 4.65. The number of allylic oxidation sites excluding steroid dienone is 2. The van der Waals surface area contributed by atoms with Crippen molar-refractivity contribution in [3.05, 3.63) is 151 Å². The van der Waals surface area contributed by atoms with Crippen LogP contribution in [-0.2, 0) is 0 Å². The molecule has 0 radical (unpaired) electrons. The SMILES string of the molecule is C=C(C)c1ccc(-c2ccccc2)cc1/C=C(\C)c1cccc(-c2cccc(-c3ccccc3)c2)c1. The van der Waals surface area contributed by atoms with Crippen LogP contribution >= 0.6 is 0 Å². The highest BCUT2D eigenvalue weighted by Crippen LogP contribution is 2.31. The first-order valence-electron chi connectivity index (χ1n) is 12.4. The summed E-state index contributed by atoms with van der Waals surface area (Å²) in [5.41, 5.74) is 13.2. The molecule has 0 aliphatic rings. The zero-order valence-corrected chi connectivity index (χ0v) is 20.9. The second-order valence-corrected chi connectivity index (χ2v) is 9.30. The van der Waals surface area contributed by atoms with E-state index < -0.39 is 0 Å². The Kier molecular flexibility index (Phi) is 6.78. The summed E-state index contributed by atoms with van der Waals surface area (Å²) in [4.78, 5) is 0. The van der Waals surface area contributed by atoms with Gasteiger partial charge in [-0.3, -0.25) is 0 Å². The zero-order chi connectivity index (χ0) is 24.9. The quantitative estimate of drug-likeness (QED) is 0.220. The predicted molar refractivity (Wildman–Crippen MR) is 157 cm³/mol. The van der Waals surface area contributed by atoms with Gasteiger partial charge in [-0.25, -0.2) is 0 Å². The Balaban J connectivity index is 1.51. The van der Waals surface area contributed by atoms with Gasteiger partial charge in [-0.1, -0.05) is 127 Å². The normalized spacial score (nSPS) is 11.3. The Morgan fingerprint density at radius 3 is 1.61 bits per heavy atom. The molecule has 0 aliphatic carbocycles. The van der Waals surface area contributed by atoms with Crippen molar-refractivity contribution in [3.63, 3.8) is 0 Å². The van der Waals surface area contributed by atoms with Crippen LogP contribution in [0.5, 0.6) is 0 Å². The monoisotopic (exact) mass is 462 g/mol. The third-order valence-corrected chi connectivity index (χ3v) is 6.61. The fraction of sp³-hybridized carbons (Fsp3) is 0.0556. The van der Waals surface area contributed by atoms with Crippen LogP contribution in [0.2, 0.25) is 0 Å². The lowest BCUT2D eigenvalue weighted by Crippen LogP contribution is -1.89. The van der Waals surface area contributed by atoms with Gasteiger partial charge in [0.2, 0.25) is 0 Å². The second kappa shape index (κ2) is 10.5. The molecule has 0 saturated heterocycles. The van der Waals surface area contributed by atoms with Crippen LogP contribution in [0.4, 0.5) is 0 Å². The molecule has 0 bridgehead atoms. The van der Waals surface area contributed by atoms with Gasteiger partial charge in [-0.2, -0.15) is 0 Å². The molecule has 5 aromatic rings. The van der Waals surface area contributed by atoms with E-state index in [1.807, 2.05) is 0 Å². The molecule has 0 saturated carbocycles. The van der Waals surface area contributed by atoms with E-state index in [9.17, 15) is 0 Å². The van der Waals surface area contributed by atoms with Gasteiger partial charge in [-0.05, 0) is 87.7 Å². The van der Waals surface area contributed by atoms with Gasteiger partial charge >= 0.3 is 0 Å². The summed E-state index contributed by atoms with van der Waals surface area (Å²) >= 11 is 0. The van der Waals surface area contributed by atoms with Crippen molar-refractivity contribution in [2.75, 3.05) is 0 Å². The fourth-order valence-electron chi connectivity index (χ4n) is 4.65. The molecule has 0 amide bonds. The van der Waals surface area contributed by atoms with Crippen LogP contribution < -0.4 is 0 Å². The van der Waals surface area contributed by atoms with Crippen molar-refractivity contribution in [2.24, 2.45) is 0 Å². The number of benzene rings is 5. The Morgan fingerprint density at radius 2 is 1.00 bits per heavy atom. The second-order valence-electron chi connectivity index (χ2n) is 9.30. The van der Waals surface area contributed by atoms with Crippen LogP contribution in [-0.4, -0.2) is 0 Å². The topological polar surface area (TPSA) is 0 Å². The molecule has 0 N–H and O–H groups in total. The van der Waals surface area contributed by atoms with E-state index in [0.29, 0.717) is 0 Å². The van der Waals surface area contributed by atoms with E-state index in [-0.39, 0.29) is 0 Å². The summed E-state index contributed by atoms with van der Waals surface area (Å²) in [5.74, 6) is 0. The molecule has 0 atom stereocenters. The molecule has 0 unspecified atom stereocenters. The summed E-state index contributed by atoms with van der Waals surface area (Å²) in [7, 11) is 0. The van der Waals surface area contributed by atoms with E-state index in [1.54, 1.807) is 0 Å². The van der Waals surface area contributed by atoms with Crippen LogP contribution in [0.25, 0.3) is 50.6 Å². The Bertz CT molecular complexity index is 1540. The first-order valence-corrected chi connectivity index (χ1v) is 12.4. The Hall–Kier alpha value is -4.42. The third-order valence-electron chi connectivity index (χ3n) is 6.61. The number of rotatable bonds is 6. The van der Waals surface area contributed by atoms with Gasteiger partial charge in [0, 0.05) is 0 Å². The number of hydrogen-bond donors (Lipinski definition) is 0. The molecule has 0 heterocycles. The third kappa shape index (κ3) is 5.14. The lowest BCUT2D eigenvalue weighted by atomic mass is 9.93. The highest BCUT2D eigenvalue weighted by atomic mass is 14.1.